The second-order valence-electron chi connectivity index (χ2n) is 4.63. The van der Waals surface area contributed by atoms with Gasteiger partial charge in [0.05, 0.1) is 0 Å². The zero-order valence-corrected chi connectivity index (χ0v) is 10.7. The van der Waals surface area contributed by atoms with E-state index in [9.17, 15) is 0 Å². The van der Waals surface area contributed by atoms with E-state index in [4.69, 9.17) is 0 Å². The van der Waals surface area contributed by atoms with E-state index in [1.807, 2.05) is 11.3 Å². The van der Waals surface area contributed by atoms with Gasteiger partial charge in [0.15, 0.2) is 0 Å². The van der Waals surface area contributed by atoms with Gasteiger partial charge in [-0.1, -0.05) is 30.3 Å². The second kappa shape index (κ2) is 5.03. The van der Waals surface area contributed by atoms with Crippen LogP contribution in [0.15, 0.2) is 41.8 Å². The van der Waals surface area contributed by atoms with Crippen LogP contribution < -0.4 is 0 Å². The molecule has 1 aromatic carbocycles. The molecule has 1 aliphatic heterocycles. The van der Waals surface area contributed by atoms with Crippen LogP contribution in [-0.4, -0.2) is 18.0 Å². The summed E-state index contributed by atoms with van der Waals surface area (Å²) in [5.41, 5.74) is 3.00. The Hall–Kier alpha value is -1.12. The Morgan fingerprint density at radius 1 is 1.00 bits per heavy atom. The standard InChI is InChI=1S/C15H17NS/c1-2-4-13(5-3-1)12-16-9-6-14-8-11-17-15(14)7-10-16/h1-5,8,11H,6-7,9-10,12H2. The van der Waals surface area contributed by atoms with Crippen molar-refractivity contribution in [2.24, 2.45) is 0 Å². The monoisotopic (exact) mass is 243 g/mol. The highest BCUT2D eigenvalue weighted by molar-refractivity contribution is 7.10. The average Bonchev–Trinajstić information content (AvgIpc) is 2.74. The molecule has 0 unspecified atom stereocenters. The Balaban J connectivity index is 1.66. The van der Waals surface area contributed by atoms with E-state index >= 15 is 0 Å². The maximum Gasteiger partial charge on any atom is 0.0234 e. The molecule has 1 aliphatic rings. The maximum atomic E-state index is 2.57. The van der Waals surface area contributed by atoms with Gasteiger partial charge in [-0.15, -0.1) is 11.3 Å². The third kappa shape index (κ3) is 2.59. The molecule has 0 aliphatic carbocycles. The van der Waals surface area contributed by atoms with Crippen molar-refractivity contribution >= 4 is 11.3 Å². The summed E-state index contributed by atoms with van der Waals surface area (Å²) in [5, 5.41) is 2.23. The van der Waals surface area contributed by atoms with Crippen LogP contribution in [0.25, 0.3) is 0 Å². The molecule has 3 rings (SSSR count). The first-order valence-electron chi connectivity index (χ1n) is 6.23. The average molecular weight is 243 g/mol. The summed E-state index contributed by atoms with van der Waals surface area (Å²) in [4.78, 5) is 4.17. The summed E-state index contributed by atoms with van der Waals surface area (Å²) < 4.78 is 0. The zero-order valence-electron chi connectivity index (χ0n) is 9.93. The summed E-state index contributed by atoms with van der Waals surface area (Å²) in [6.07, 6.45) is 2.44. The first kappa shape index (κ1) is 11.0. The fourth-order valence-corrected chi connectivity index (χ4v) is 3.39. The quantitative estimate of drug-likeness (QED) is 0.782. The van der Waals surface area contributed by atoms with E-state index in [-0.39, 0.29) is 0 Å². The highest BCUT2D eigenvalue weighted by atomic mass is 32.1. The lowest BCUT2D eigenvalue weighted by Crippen LogP contribution is -2.25. The Bertz CT molecular complexity index is 452. The van der Waals surface area contributed by atoms with Crippen molar-refractivity contribution in [1.82, 2.24) is 4.90 Å². The number of hydrogen-bond acceptors (Lipinski definition) is 2. The van der Waals surface area contributed by atoms with E-state index < -0.39 is 0 Å². The number of fused-ring (bicyclic) bond motifs is 1. The molecule has 0 spiro atoms. The molecule has 0 saturated heterocycles. The van der Waals surface area contributed by atoms with Gasteiger partial charge >= 0.3 is 0 Å². The van der Waals surface area contributed by atoms with Crippen LogP contribution in [0, 0.1) is 0 Å². The van der Waals surface area contributed by atoms with E-state index in [1.54, 1.807) is 10.4 Å². The minimum Gasteiger partial charge on any atom is -0.298 e. The van der Waals surface area contributed by atoms with E-state index in [0.717, 1.165) is 6.54 Å². The third-order valence-corrected chi connectivity index (χ3v) is 4.46. The van der Waals surface area contributed by atoms with Crippen LogP contribution in [0.1, 0.15) is 16.0 Å². The molecular weight excluding hydrogens is 226 g/mol. The van der Waals surface area contributed by atoms with Gasteiger partial charge in [0.25, 0.3) is 0 Å². The first-order valence-corrected chi connectivity index (χ1v) is 7.11. The fourth-order valence-electron chi connectivity index (χ4n) is 2.46. The van der Waals surface area contributed by atoms with Gasteiger partial charge in [0, 0.05) is 24.5 Å². The van der Waals surface area contributed by atoms with Gasteiger partial charge in [0.2, 0.25) is 0 Å². The van der Waals surface area contributed by atoms with Gasteiger partial charge in [0.1, 0.15) is 0 Å². The lowest BCUT2D eigenvalue weighted by Gasteiger charge is -2.19. The van der Waals surface area contributed by atoms with Crippen molar-refractivity contribution < 1.29 is 0 Å². The van der Waals surface area contributed by atoms with Crippen molar-refractivity contribution in [1.29, 1.82) is 0 Å². The van der Waals surface area contributed by atoms with Crippen molar-refractivity contribution in [3.8, 4) is 0 Å². The SMILES string of the molecule is c1ccc(CN2CCc3ccsc3CC2)cc1. The lowest BCUT2D eigenvalue weighted by atomic mass is 10.2. The van der Waals surface area contributed by atoms with Crippen molar-refractivity contribution in [2.45, 2.75) is 19.4 Å². The molecule has 17 heavy (non-hydrogen) atoms. The topological polar surface area (TPSA) is 3.24 Å². The molecule has 2 heteroatoms. The third-order valence-electron chi connectivity index (χ3n) is 3.44. The number of benzene rings is 1. The summed E-state index contributed by atoms with van der Waals surface area (Å²) >= 11 is 1.92. The Morgan fingerprint density at radius 3 is 2.71 bits per heavy atom. The molecule has 0 fully saturated rings. The van der Waals surface area contributed by atoms with Gasteiger partial charge in [-0.2, -0.15) is 0 Å². The Labute approximate surface area is 107 Å². The van der Waals surface area contributed by atoms with Crippen LogP contribution >= 0.6 is 11.3 Å². The molecule has 0 N–H and O–H groups in total. The van der Waals surface area contributed by atoms with Crippen molar-refractivity contribution in [3.05, 3.63) is 57.8 Å². The summed E-state index contributed by atoms with van der Waals surface area (Å²) in [5.74, 6) is 0. The highest BCUT2D eigenvalue weighted by Gasteiger charge is 2.14. The number of thiophene rings is 1. The van der Waals surface area contributed by atoms with Gasteiger partial charge < -0.3 is 0 Å². The van der Waals surface area contributed by atoms with Crippen molar-refractivity contribution in [2.75, 3.05) is 13.1 Å². The molecule has 1 aromatic heterocycles. The molecule has 2 heterocycles. The minimum atomic E-state index is 1.09. The molecule has 1 nitrogen and oxygen atoms in total. The zero-order chi connectivity index (χ0) is 11.5. The molecule has 0 atom stereocenters. The largest absolute Gasteiger partial charge is 0.298 e. The first-order chi connectivity index (χ1) is 8.42. The van der Waals surface area contributed by atoms with Crippen molar-refractivity contribution in [3.63, 3.8) is 0 Å². The van der Waals surface area contributed by atoms with E-state index in [1.165, 1.54) is 31.5 Å². The van der Waals surface area contributed by atoms with Crippen LogP contribution in [0.4, 0.5) is 0 Å². The second-order valence-corrected chi connectivity index (χ2v) is 5.63. The fraction of sp³-hybridized carbons (Fsp3) is 0.333. The predicted octanol–water partition coefficient (Wildman–Crippen LogP) is 3.35. The number of nitrogens with zero attached hydrogens (tertiary/aromatic N) is 1. The molecule has 2 aromatic rings. The van der Waals surface area contributed by atoms with Gasteiger partial charge in [-0.3, -0.25) is 4.90 Å². The molecular formula is C15H17NS. The van der Waals surface area contributed by atoms with Crippen LogP contribution in [0.5, 0.6) is 0 Å². The highest BCUT2D eigenvalue weighted by Crippen LogP contribution is 2.22. The smallest absolute Gasteiger partial charge is 0.0234 e. The summed E-state index contributed by atoms with van der Waals surface area (Å²) in [6, 6.07) is 13.1. The van der Waals surface area contributed by atoms with Gasteiger partial charge in [-0.05, 0) is 35.4 Å². The predicted molar refractivity (Wildman–Crippen MR) is 73.4 cm³/mol. The van der Waals surface area contributed by atoms with Crippen LogP contribution in [0.3, 0.4) is 0 Å². The van der Waals surface area contributed by atoms with Crippen LogP contribution in [0.2, 0.25) is 0 Å². The molecule has 0 radical (unpaired) electrons. The molecule has 0 amide bonds. The summed E-state index contributed by atoms with van der Waals surface area (Å²) in [7, 11) is 0. The number of rotatable bonds is 2. The molecule has 0 bridgehead atoms. The maximum absolute atomic E-state index is 2.57. The Morgan fingerprint density at radius 2 is 1.82 bits per heavy atom. The summed E-state index contributed by atoms with van der Waals surface area (Å²) in [6.45, 7) is 3.48. The normalized spacial score (nSPS) is 16.5. The Kier molecular flexibility index (Phi) is 3.25. The van der Waals surface area contributed by atoms with Crippen LogP contribution in [-0.2, 0) is 19.4 Å². The van der Waals surface area contributed by atoms with E-state index in [2.05, 4.69) is 46.7 Å². The lowest BCUT2D eigenvalue weighted by molar-refractivity contribution is 0.279. The number of hydrogen-bond donors (Lipinski definition) is 0. The molecule has 88 valence electrons. The minimum absolute atomic E-state index is 1.09. The van der Waals surface area contributed by atoms with E-state index in [0.29, 0.717) is 0 Å². The molecule has 0 saturated carbocycles. The van der Waals surface area contributed by atoms with Gasteiger partial charge in [-0.25, -0.2) is 0 Å².